The molecule has 0 radical (unpaired) electrons. The van der Waals surface area contributed by atoms with Gasteiger partial charge in [-0.05, 0) is 6.42 Å². The minimum absolute atomic E-state index is 0.127. The molecule has 20 heavy (non-hydrogen) atoms. The largest absolute Gasteiger partial charge is 0.393 e. The Labute approximate surface area is 130 Å². The number of hydrogen-bond acceptors (Lipinski definition) is 2. The van der Waals surface area contributed by atoms with Gasteiger partial charge < -0.3 is 10.2 Å². The van der Waals surface area contributed by atoms with E-state index < -0.39 is 5.60 Å². The van der Waals surface area contributed by atoms with E-state index in [0.29, 0.717) is 6.42 Å². The highest BCUT2D eigenvalue weighted by molar-refractivity contribution is 6.18. The van der Waals surface area contributed by atoms with Crippen molar-refractivity contribution in [2.75, 3.05) is 12.5 Å². The number of halogens is 1. The lowest BCUT2D eigenvalue weighted by atomic mass is 9.98. The summed E-state index contributed by atoms with van der Waals surface area (Å²) in [5.41, 5.74) is -1.06. The van der Waals surface area contributed by atoms with Gasteiger partial charge in [0.1, 0.15) is 5.60 Å². The summed E-state index contributed by atoms with van der Waals surface area (Å²) in [4.78, 5) is 0. The number of rotatable bonds is 15. The van der Waals surface area contributed by atoms with Crippen molar-refractivity contribution in [3.05, 3.63) is 0 Å². The van der Waals surface area contributed by atoms with Gasteiger partial charge in [-0.1, -0.05) is 84.0 Å². The maximum Gasteiger partial charge on any atom is 0.101 e. The molecule has 2 N–H and O–H groups in total. The molecule has 0 aromatic rings. The summed E-state index contributed by atoms with van der Waals surface area (Å²) in [6.07, 6.45) is 16.3. The van der Waals surface area contributed by atoms with Crippen LogP contribution in [0.15, 0.2) is 0 Å². The van der Waals surface area contributed by atoms with Gasteiger partial charge in [-0.3, -0.25) is 0 Å². The monoisotopic (exact) mass is 306 g/mol. The van der Waals surface area contributed by atoms with Gasteiger partial charge in [0.2, 0.25) is 0 Å². The Bertz CT molecular complexity index is 193. The van der Waals surface area contributed by atoms with Gasteiger partial charge in [-0.25, -0.2) is 0 Å². The first kappa shape index (κ1) is 20.2. The molecule has 0 aliphatic rings. The Hall–Kier alpha value is 0.210. The van der Waals surface area contributed by atoms with Crippen LogP contribution in [0.25, 0.3) is 0 Å². The molecule has 0 aliphatic carbocycles. The predicted molar refractivity (Wildman–Crippen MR) is 88.5 cm³/mol. The summed E-state index contributed by atoms with van der Waals surface area (Å²) in [7, 11) is 0. The molecule has 0 aromatic heterocycles. The highest BCUT2D eigenvalue weighted by Crippen LogP contribution is 2.18. The van der Waals surface area contributed by atoms with Crippen molar-refractivity contribution in [1.29, 1.82) is 0 Å². The van der Waals surface area contributed by atoms with E-state index in [2.05, 4.69) is 6.92 Å². The molecule has 0 saturated heterocycles. The molecule has 1 atom stereocenters. The second-order valence-corrected chi connectivity index (χ2v) is 6.42. The van der Waals surface area contributed by atoms with Gasteiger partial charge in [0, 0.05) is 0 Å². The Balaban J connectivity index is 3.17. The van der Waals surface area contributed by atoms with Crippen molar-refractivity contribution in [3.63, 3.8) is 0 Å². The lowest BCUT2D eigenvalue weighted by molar-refractivity contribution is -0.00388. The van der Waals surface area contributed by atoms with Crippen molar-refractivity contribution < 1.29 is 10.2 Å². The van der Waals surface area contributed by atoms with Crippen LogP contribution in [0, 0.1) is 0 Å². The number of aliphatic hydroxyl groups excluding tert-OH is 1. The van der Waals surface area contributed by atoms with E-state index in [4.69, 9.17) is 16.7 Å². The highest BCUT2D eigenvalue weighted by Gasteiger charge is 2.23. The second kappa shape index (κ2) is 14.2. The third kappa shape index (κ3) is 12.0. The molecule has 0 spiro atoms. The van der Waals surface area contributed by atoms with Gasteiger partial charge in [0.05, 0.1) is 12.5 Å². The molecule has 0 amide bonds. The molecular weight excluding hydrogens is 272 g/mol. The van der Waals surface area contributed by atoms with Crippen LogP contribution in [0.1, 0.15) is 90.4 Å². The van der Waals surface area contributed by atoms with Crippen LogP contribution >= 0.6 is 11.6 Å². The summed E-state index contributed by atoms with van der Waals surface area (Å²) < 4.78 is 0. The average Bonchev–Trinajstić information content (AvgIpc) is 2.48. The van der Waals surface area contributed by atoms with Gasteiger partial charge in [0.15, 0.2) is 0 Å². The number of aliphatic hydroxyl groups is 2. The van der Waals surface area contributed by atoms with Crippen LogP contribution in [-0.2, 0) is 0 Å². The van der Waals surface area contributed by atoms with Crippen molar-refractivity contribution in [2.24, 2.45) is 0 Å². The van der Waals surface area contributed by atoms with Gasteiger partial charge >= 0.3 is 0 Å². The van der Waals surface area contributed by atoms with Crippen molar-refractivity contribution >= 4 is 11.6 Å². The quantitative estimate of drug-likeness (QED) is 0.329. The molecule has 0 saturated carbocycles. The van der Waals surface area contributed by atoms with Crippen LogP contribution < -0.4 is 0 Å². The van der Waals surface area contributed by atoms with E-state index >= 15 is 0 Å². The van der Waals surface area contributed by atoms with Gasteiger partial charge in [-0.2, -0.15) is 0 Å². The average molecular weight is 307 g/mol. The third-order valence-corrected chi connectivity index (χ3v) is 4.54. The minimum Gasteiger partial charge on any atom is -0.393 e. The van der Waals surface area contributed by atoms with Gasteiger partial charge in [-0.15, -0.1) is 11.6 Å². The van der Waals surface area contributed by atoms with Crippen LogP contribution in [-0.4, -0.2) is 28.3 Å². The predicted octanol–water partition coefficient (Wildman–Crippen LogP) is 5.04. The zero-order valence-electron chi connectivity index (χ0n) is 13.4. The van der Waals surface area contributed by atoms with E-state index in [1.54, 1.807) is 0 Å². The van der Waals surface area contributed by atoms with Crippen molar-refractivity contribution in [3.8, 4) is 0 Å². The fourth-order valence-electron chi connectivity index (χ4n) is 2.48. The maximum atomic E-state index is 9.81. The second-order valence-electron chi connectivity index (χ2n) is 6.16. The van der Waals surface area contributed by atoms with Crippen molar-refractivity contribution in [2.45, 2.75) is 96.0 Å². The van der Waals surface area contributed by atoms with E-state index in [9.17, 15) is 5.11 Å². The fourth-order valence-corrected chi connectivity index (χ4v) is 2.70. The molecule has 122 valence electrons. The summed E-state index contributed by atoms with van der Waals surface area (Å²) in [6, 6.07) is 0. The first-order valence-electron chi connectivity index (χ1n) is 8.57. The molecule has 1 unspecified atom stereocenters. The number of alkyl halides is 1. The summed E-state index contributed by atoms with van der Waals surface area (Å²) >= 11 is 5.64. The zero-order valence-corrected chi connectivity index (χ0v) is 14.1. The van der Waals surface area contributed by atoms with Crippen molar-refractivity contribution in [1.82, 2.24) is 0 Å². The van der Waals surface area contributed by atoms with Gasteiger partial charge in [0.25, 0.3) is 0 Å². The zero-order chi connectivity index (χ0) is 15.1. The summed E-state index contributed by atoms with van der Waals surface area (Å²) in [5.74, 6) is 0.127. The minimum atomic E-state index is -1.06. The van der Waals surface area contributed by atoms with Crippen LogP contribution in [0.3, 0.4) is 0 Å². The SMILES string of the molecule is CCCCCCCCCCCCCCC(O)(CO)CCl. The smallest absolute Gasteiger partial charge is 0.101 e. The lowest BCUT2D eigenvalue weighted by Gasteiger charge is -2.22. The Morgan fingerprint density at radius 1 is 0.750 bits per heavy atom. The first-order chi connectivity index (χ1) is 9.68. The highest BCUT2D eigenvalue weighted by atomic mass is 35.5. The maximum absolute atomic E-state index is 9.81. The van der Waals surface area contributed by atoms with E-state index in [1.807, 2.05) is 0 Å². The lowest BCUT2D eigenvalue weighted by Crippen LogP contribution is -2.35. The molecule has 0 fully saturated rings. The molecule has 0 aromatic carbocycles. The van der Waals surface area contributed by atoms with Crippen LogP contribution in [0.4, 0.5) is 0 Å². The molecule has 3 heteroatoms. The Morgan fingerprint density at radius 3 is 1.50 bits per heavy atom. The number of unbranched alkanes of at least 4 members (excludes halogenated alkanes) is 11. The fraction of sp³-hybridized carbons (Fsp3) is 1.00. The Kier molecular flexibility index (Phi) is 14.3. The number of hydrogen-bond donors (Lipinski definition) is 2. The molecule has 0 aliphatic heterocycles. The molecule has 0 bridgehead atoms. The molecular formula is C17H35ClO2. The third-order valence-electron chi connectivity index (χ3n) is 4.04. The standard InChI is InChI=1S/C17H35ClO2/c1-2-3-4-5-6-7-8-9-10-11-12-13-14-17(20,15-18)16-19/h19-20H,2-16H2,1H3. The van der Waals surface area contributed by atoms with Crippen LogP contribution in [0.2, 0.25) is 0 Å². The van der Waals surface area contributed by atoms with E-state index in [0.717, 1.165) is 12.8 Å². The van der Waals surface area contributed by atoms with E-state index in [1.165, 1.54) is 64.2 Å². The summed E-state index contributed by atoms with van der Waals surface area (Å²) in [5, 5.41) is 18.8. The molecule has 2 nitrogen and oxygen atoms in total. The first-order valence-corrected chi connectivity index (χ1v) is 9.11. The normalized spacial score (nSPS) is 14.4. The van der Waals surface area contributed by atoms with Crippen LogP contribution in [0.5, 0.6) is 0 Å². The molecule has 0 heterocycles. The Morgan fingerprint density at radius 2 is 1.15 bits per heavy atom. The summed E-state index contributed by atoms with van der Waals surface area (Å²) in [6.45, 7) is 2.03. The van der Waals surface area contributed by atoms with E-state index in [-0.39, 0.29) is 12.5 Å². The topological polar surface area (TPSA) is 40.5 Å². The molecule has 0 rings (SSSR count).